The minimum Gasteiger partial charge on any atom is -0.299 e. The third kappa shape index (κ3) is 3.37. The normalized spacial score (nSPS) is 10.8. The van der Waals surface area contributed by atoms with Gasteiger partial charge in [0.2, 0.25) is 0 Å². The van der Waals surface area contributed by atoms with Gasteiger partial charge in [-0.3, -0.25) is 4.57 Å². The van der Waals surface area contributed by atoms with E-state index in [2.05, 4.69) is 102 Å². The van der Waals surface area contributed by atoms with E-state index in [9.17, 15) is 0 Å². The summed E-state index contributed by atoms with van der Waals surface area (Å²) in [7, 11) is 0. The molecule has 0 saturated carbocycles. The standard InChI is InChI=1S/C27H20N2/c1-3-10-21(11-4-1)23-14-9-15-24(20-23)27-28-18-19-29(27)26-17-8-7-16-25(26)22-12-5-2-6-13-22/h1-20H. The van der Waals surface area contributed by atoms with E-state index in [1.54, 1.807) is 0 Å². The van der Waals surface area contributed by atoms with E-state index in [4.69, 9.17) is 4.98 Å². The van der Waals surface area contributed by atoms with Crippen LogP contribution in [0.4, 0.5) is 0 Å². The Bertz CT molecular complexity index is 1240. The molecular weight excluding hydrogens is 352 g/mol. The average Bonchev–Trinajstić information content (AvgIpc) is 3.30. The smallest absolute Gasteiger partial charge is 0.144 e. The molecule has 1 aromatic heterocycles. The van der Waals surface area contributed by atoms with E-state index in [0.717, 1.165) is 17.1 Å². The Morgan fingerprint density at radius 1 is 0.517 bits per heavy atom. The predicted molar refractivity (Wildman–Crippen MR) is 120 cm³/mol. The summed E-state index contributed by atoms with van der Waals surface area (Å²) in [5.74, 6) is 0.936. The zero-order valence-electron chi connectivity index (χ0n) is 15.9. The summed E-state index contributed by atoms with van der Waals surface area (Å²) in [6.45, 7) is 0. The Hall–Kier alpha value is -3.91. The fraction of sp³-hybridized carbons (Fsp3) is 0. The highest BCUT2D eigenvalue weighted by atomic mass is 15.1. The lowest BCUT2D eigenvalue weighted by Gasteiger charge is -2.14. The molecule has 0 aliphatic heterocycles. The molecule has 0 bridgehead atoms. The van der Waals surface area contributed by atoms with Gasteiger partial charge in [-0.2, -0.15) is 0 Å². The van der Waals surface area contributed by atoms with Crippen LogP contribution in [0.5, 0.6) is 0 Å². The zero-order chi connectivity index (χ0) is 19.5. The molecule has 2 heteroatoms. The van der Waals surface area contributed by atoms with Crippen LogP contribution in [0.2, 0.25) is 0 Å². The highest BCUT2D eigenvalue weighted by Crippen LogP contribution is 2.31. The maximum absolute atomic E-state index is 4.70. The van der Waals surface area contributed by atoms with Gasteiger partial charge in [0.1, 0.15) is 5.82 Å². The van der Waals surface area contributed by atoms with Crippen LogP contribution in [0, 0.1) is 0 Å². The average molecular weight is 372 g/mol. The van der Waals surface area contributed by atoms with Crippen LogP contribution in [0.1, 0.15) is 0 Å². The van der Waals surface area contributed by atoms with Gasteiger partial charge in [0, 0.05) is 23.5 Å². The van der Waals surface area contributed by atoms with Gasteiger partial charge in [-0.05, 0) is 28.8 Å². The van der Waals surface area contributed by atoms with Crippen molar-refractivity contribution in [2.24, 2.45) is 0 Å². The monoisotopic (exact) mass is 372 g/mol. The molecule has 5 aromatic rings. The number of nitrogens with zero attached hydrogens (tertiary/aromatic N) is 2. The minimum absolute atomic E-state index is 0.936. The zero-order valence-corrected chi connectivity index (χ0v) is 15.9. The number of hydrogen-bond acceptors (Lipinski definition) is 1. The van der Waals surface area contributed by atoms with E-state index in [1.165, 1.54) is 22.3 Å². The largest absolute Gasteiger partial charge is 0.299 e. The summed E-state index contributed by atoms with van der Waals surface area (Å²) < 4.78 is 2.17. The van der Waals surface area contributed by atoms with Crippen molar-refractivity contribution in [2.75, 3.05) is 0 Å². The number of imidazole rings is 1. The molecule has 0 aliphatic rings. The second-order valence-electron chi connectivity index (χ2n) is 6.95. The van der Waals surface area contributed by atoms with Crippen molar-refractivity contribution < 1.29 is 0 Å². The van der Waals surface area contributed by atoms with Crippen molar-refractivity contribution in [1.82, 2.24) is 9.55 Å². The van der Waals surface area contributed by atoms with Gasteiger partial charge < -0.3 is 0 Å². The molecule has 0 fully saturated rings. The Labute approximate surface area is 170 Å². The van der Waals surface area contributed by atoms with E-state index in [0.29, 0.717) is 0 Å². The van der Waals surface area contributed by atoms with Crippen LogP contribution < -0.4 is 0 Å². The fourth-order valence-electron chi connectivity index (χ4n) is 3.73. The molecule has 0 aliphatic carbocycles. The van der Waals surface area contributed by atoms with E-state index < -0.39 is 0 Å². The molecule has 4 aromatic carbocycles. The Balaban J connectivity index is 1.63. The minimum atomic E-state index is 0.936. The molecule has 0 N–H and O–H groups in total. The number of rotatable bonds is 4. The predicted octanol–water partition coefficient (Wildman–Crippen LogP) is 6.87. The SMILES string of the molecule is c1ccc(-c2cccc(-c3nccn3-c3ccccc3-c3ccccc3)c2)cc1. The van der Waals surface area contributed by atoms with Gasteiger partial charge >= 0.3 is 0 Å². The third-order valence-corrected chi connectivity index (χ3v) is 5.12. The first-order valence-corrected chi connectivity index (χ1v) is 9.74. The Morgan fingerprint density at radius 2 is 1.14 bits per heavy atom. The maximum atomic E-state index is 4.70. The molecule has 138 valence electrons. The van der Waals surface area contributed by atoms with Gasteiger partial charge in [-0.15, -0.1) is 0 Å². The van der Waals surface area contributed by atoms with Crippen molar-refractivity contribution >= 4 is 0 Å². The summed E-state index contributed by atoms with van der Waals surface area (Å²) >= 11 is 0. The number of para-hydroxylation sites is 1. The molecule has 0 spiro atoms. The fourth-order valence-corrected chi connectivity index (χ4v) is 3.73. The highest BCUT2D eigenvalue weighted by Gasteiger charge is 2.12. The molecule has 5 rings (SSSR count). The molecule has 0 saturated heterocycles. The van der Waals surface area contributed by atoms with Crippen molar-refractivity contribution in [2.45, 2.75) is 0 Å². The topological polar surface area (TPSA) is 17.8 Å². The van der Waals surface area contributed by atoms with Crippen LogP contribution in [-0.4, -0.2) is 9.55 Å². The molecule has 0 unspecified atom stereocenters. The lowest BCUT2D eigenvalue weighted by atomic mass is 10.0. The molecule has 0 atom stereocenters. The molecule has 0 radical (unpaired) electrons. The summed E-state index contributed by atoms with van der Waals surface area (Å²) in [5, 5.41) is 0. The summed E-state index contributed by atoms with van der Waals surface area (Å²) in [6.07, 6.45) is 3.90. The molecule has 2 nitrogen and oxygen atoms in total. The highest BCUT2D eigenvalue weighted by molar-refractivity contribution is 5.76. The van der Waals surface area contributed by atoms with Crippen molar-refractivity contribution in [3.05, 3.63) is 122 Å². The van der Waals surface area contributed by atoms with Crippen LogP contribution >= 0.6 is 0 Å². The third-order valence-electron chi connectivity index (χ3n) is 5.12. The first-order valence-electron chi connectivity index (χ1n) is 9.74. The van der Waals surface area contributed by atoms with Gasteiger partial charge in [0.05, 0.1) is 5.69 Å². The van der Waals surface area contributed by atoms with Gasteiger partial charge in [-0.25, -0.2) is 4.98 Å². The molecule has 1 heterocycles. The first kappa shape index (κ1) is 17.2. The van der Waals surface area contributed by atoms with E-state index in [-0.39, 0.29) is 0 Å². The van der Waals surface area contributed by atoms with Crippen LogP contribution in [0.3, 0.4) is 0 Å². The van der Waals surface area contributed by atoms with Gasteiger partial charge in [0.15, 0.2) is 0 Å². The van der Waals surface area contributed by atoms with E-state index >= 15 is 0 Å². The lowest BCUT2D eigenvalue weighted by Crippen LogP contribution is -1.99. The Morgan fingerprint density at radius 3 is 1.93 bits per heavy atom. The summed E-state index contributed by atoms with van der Waals surface area (Å²) in [4.78, 5) is 4.70. The van der Waals surface area contributed by atoms with Crippen molar-refractivity contribution in [3.8, 4) is 39.3 Å². The number of aromatic nitrogens is 2. The maximum Gasteiger partial charge on any atom is 0.144 e. The Kier molecular flexibility index (Phi) is 4.51. The molecule has 29 heavy (non-hydrogen) atoms. The molecule has 0 amide bonds. The first-order chi connectivity index (χ1) is 14.4. The second-order valence-corrected chi connectivity index (χ2v) is 6.95. The summed E-state index contributed by atoms with van der Waals surface area (Å²) in [5.41, 5.74) is 6.99. The molecular formula is C27H20N2. The van der Waals surface area contributed by atoms with Crippen molar-refractivity contribution in [1.29, 1.82) is 0 Å². The van der Waals surface area contributed by atoms with Crippen LogP contribution in [-0.2, 0) is 0 Å². The van der Waals surface area contributed by atoms with Crippen molar-refractivity contribution in [3.63, 3.8) is 0 Å². The van der Waals surface area contributed by atoms with E-state index in [1.807, 2.05) is 24.5 Å². The quantitative estimate of drug-likeness (QED) is 0.336. The van der Waals surface area contributed by atoms with Crippen LogP contribution in [0.25, 0.3) is 39.3 Å². The van der Waals surface area contributed by atoms with Gasteiger partial charge in [0.25, 0.3) is 0 Å². The lowest BCUT2D eigenvalue weighted by molar-refractivity contribution is 1.07. The second kappa shape index (κ2) is 7.61. The number of hydrogen-bond donors (Lipinski definition) is 0. The van der Waals surface area contributed by atoms with Gasteiger partial charge in [-0.1, -0.05) is 97.1 Å². The van der Waals surface area contributed by atoms with Crippen LogP contribution in [0.15, 0.2) is 122 Å². The number of benzene rings is 4. The summed E-state index contributed by atoms with van der Waals surface area (Å²) in [6, 6.07) is 38.0.